The highest BCUT2D eigenvalue weighted by Gasteiger charge is 2.64. The van der Waals surface area contributed by atoms with E-state index in [1.165, 1.54) is 13.3 Å². The molecule has 0 aromatic heterocycles. The first kappa shape index (κ1) is 29.8. The summed E-state index contributed by atoms with van der Waals surface area (Å²) in [5, 5.41) is 22.4. The van der Waals surface area contributed by atoms with Gasteiger partial charge in [0.15, 0.2) is 0 Å². The van der Waals surface area contributed by atoms with Crippen LogP contribution in [0.25, 0.3) is 0 Å². The van der Waals surface area contributed by atoms with Crippen molar-refractivity contribution >= 4 is 5.97 Å². The van der Waals surface area contributed by atoms with Gasteiger partial charge in [-0.15, -0.1) is 0 Å². The van der Waals surface area contributed by atoms with E-state index >= 15 is 0 Å². The van der Waals surface area contributed by atoms with E-state index in [2.05, 4.69) is 55.4 Å². The molecule has 2 N–H and O–H groups in total. The molecule has 0 aliphatic heterocycles. The molecule has 4 aliphatic rings. The molecule has 9 atom stereocenters. The summed E-state index contributed by atoms with van der Waals surface area (Å²) in [6.07, 6.45) is 9.32. The lowest BCUT2D eigenvalue weighted by atomic mass is 9.43. The summed E-state index contributed by atoms with van der Waals surface area (Å²) in [6, 6.07) is 0. The number of allylic oxidation sites excluding steroid dienone is 3. The van der Waals surface area contributed by atoms with Crippen molar-refractivity contribution < 1.29 is 19.7 Å². The van der Waals surface area contributed by atoms with Crippen LogP contribution >= 0.6 is 0 Å². The summed E-state index contributed by atoms with van der Waals surface area (Å²) in [5.41, 5.74) is 4.75. The fourth-order valence-electron chi connectivity index (χ4n) is 10.5. The molecule has 2 saturated carbocycles. The van der Waals surface area contributed by atoms with Gasteiger partial charge in [0, 0.05) is 6.92 Å². The number of carbonyl (C=O) groups excluding carboxylic acids is 1. The fraction of sp³-hybridized carbons (Fsp3) is 0.853. The number of hydrogen-bond acceptors (Lipinski definition) is 4. The second-order valence-electron chi connectivity index (χ2n) is 15.1. The molecule has 0 heterocycles. The molecule has 0 radical (unpaired) electrons. The van der Waals surface area contributed by atoms with Gasteiger partial charge in [-0.05, 0) is 109 Å². The standard InChI is InChI=1S/C34H56O4/c1-11-23(20(2)3)29(37)30(38-22(5)35)21(4)24-14-18-34(10)26-12-13-27-31(6,7)28(36)16-17-32(27,8)25(26)15-19-33(24,34)9/h11,20-21,24,27-30,36-37H,12-19H2,1-10H3/b23-11+/t21-,24+,27-,28-,29-,30+,32+,33+,34-/m0/s1. The van der Waals surface area contributed by atoms with E-state index < -0.39 is 12.2 Å². The molecule has 0 bridgehead atoms. The Morgan fingerprint density at radius 3 is 2.21 bits per heavy atom. The summed E-state index contributed by atoms with van der Waals surface area (Å²) in [6.45, 7) is 22.0. The highest BCUT2D eigenvalue weighted by Crippen LogP contribution is 2.72. The Morgan fingerprint density at radius 2 is 1.63 bits per heavy atom. The minimum Gasteiger partial charge on any atom is -0.459 e. The molecule has 4 rings (SSSR count). The third-order valence-electron chi connectivity index (χ3n) is 12.9. The maximum Gasteiger partial charge on any atom is 0.303 e. The average molecular weight is 529 g/mol. The van der Waals surface area contributed by atoms with Crippen molar-refractivity contribution in [1.29, 1.82) is 0 Å². The Hall–Kier alpha value is -1.13. The first-order valence-electron chi connectivity index (χ1n) is 15.5. The average Bonchev–Trinajstić information content (AvgIpc) is 3.11. The monoisotopic (exact) mass is 528 g/mol. The lowest BCUT2D eigenvalue weighted by Gasteiger charge is -2.62. The van der Waals surface area contributed by atoms with Crippen LogP contribution in [0.3, 0.4) is 0 Å². The van der Waals surface area contributed by atoms with Crippen molar-refractivity contribution in [1.82, 2.24) is 0 Å². The van der Waals surface area contributed by atoms with E-state index in [-0.39, 0.29) is 45.6 Å². The van der Waals surface area contributed by atoms with E-state index in [9.17, 15) is 15.0 Å². The van der Waals surface area contributed by atoms with Gasteiger partial charge in [0.1, 0.15) is 12.2 Å². The van der Waals surface area contributed by atoms with Crippen molar-refractivity contribution in [3.63, 3.8) is 0 Å². The smallest absolute Gasteiger partial charge is 0.303 e. The lowest BCUT2D eigenvalue weighted by molar-refractivity contribution is -0.159. The molecule has 0 unspecified atom stereocenters. The van der Waals surface area contributed by atoms with E-state index in [0.29, 0.717) is 11.8 Å². The first-order valence-corrected chi connectivity index (χ1v) is 15.5. The Kier molecular flexibility index (Phi) is 7.89. The van der Waals surface area contributed by atoms with Crippen LogP contribution in [-0.4, -0.2) is 34.5 Å². The van der Waals surface area contributed by atoms with Crippen LogP contribution in [-0.2, 0) is 9.53 Å². The third-order valence-corrected chi connectivity index (χ3v) is 12.9. The number of esters is 1. The summed E-state index contributed by atoms with van der Waals surface area (Å²) >= 11 is 0. The predicted octanol–water partition coefficient (Wildman–Crippen LogP) is 7.63. The topological polar surface area (TPSA) is 66.8 Å². The molecule has 38 heavy (non-hydrogen) atoms. The minimum atomic E-state index is -0.780. The van der Waals surface area contributed by atoms with Gasteiger partial charge in [-0.2, -0.15) is 0 Å². The van der Waals surface area contributed by atoms with E-state index in [4.69, 9.17) is 4.74 Å². The number of ether oxygens (including phenoxy) is 1. The van der Waals surface area contributed by atoms with Crippen molar-refractivity contribution in [2.75, 3.05) is 0 Å². The van der Waals surface area contributed by atoms with Gasteiger partial charge < -0.3 is 14.9 Å². The highest BCUT2D eigenvalue weighted by atomic mass is 16.6. The summed E-state index contributed by atoms with van der Waals surface area (Å²) < 4.78 is 5.94. The number of carbonyl (C=O) groups is 1. The molecule has 4 nitrogen and oxygen atoms in total. The molecular weight excluding hydrogens is 472 g/mol. The molecule has 2 fully saturated rings. The first-order chi connectivity index (χ1) is 17.6. The van der Waals surface area contributed by atoms with Gasteiger partial charge in [-0.25, -0.2) is 0 Å². The Morgan fingerprint density at radius 1 is 0.974 bits per heavy atom. The molecule has 0 spiro atoms. The second-order valence-corrected chi connectivity index (χ2v) is 15.1. The highest BCUT2D eigenvalue weighted by molar-refractivity contribution is 5.66. The van der Waals surface area contributed by atoms with Crippen molar-refractivity contribution in [3.8, 4) is 0 Å². The molecular formula is C34H56O4. The quantitative estimate of drug-likeness (QED) is 0.275. The number of aliphatic hydroxyl groups is 2. The van der Waals surface area contributed by atoms with Gasteiger partial charge in [0.05, 0.1) is 6.10 Å². The number of aliphatic hydroxyl groups excluding tert-OH is 2. The normalized spacial score (nSPS) is 41.2. The molecule has 4 heteroatoms. The Labute approximate surface area is 232 Å². The van der Waals surface area contributed by atoms with Gasteiger partial charge in [-0.3, -0.25) is 4.79 Å². The van der Waals surface area contributed by atoms with Gasteiger partial charge in [0.2, 0.25) is 0 Å². The van der Waals surface area contributed by atoms with Crippen molar-refractivity contribution in [2.45, 2.75) is 139 Å². The molecule has 0 aromatic carbocycles. The summed E-state index contributed by atoms with van der Waals surface area (Å²) in [5.74, 6) is 0.850. The van der Waals surface area contributed by atoms with Gasteiger partial charge >= 0.3 is 5.97 Å². The van der Waals surface area contributed by atoms with Crippen LogP contribution in [0, 0.1) is 45.3 Å². The van der Waals surface area contributed by atoms with Crippen LogP contribution in [0.1, 0.15) is 121 Å². The summed E-state index contributed by atoms with van der Waals surface area (Å²) in [4.78, 5) is 12.2. The van der Waals surface area contributed by atoms with Gasteiger partial charge in [-0.1, -0.05) is 72.6 Å². The lowest BCUT2D eigenvalue weighted by Crippen LogP contribution is -2.55. The predicted molar refractivity (Wildman–Crippen MR) is 154 cm³/mol. The zero-order valence-electron chi connectivity index (χ0n) is 26.0. The minimum absolute atomic E-state index is 0.0474. The Balaban J connectivity index is 1.70. The van der Waals surface area contributed by atoms with Crippen LogP contribution in [0.2, 0.25) is 0 Å². The Bertz CT molecular complexity index is 990. The molecule has 0 saturated heterocycles. The third kappa shape index (κ3) is 4.26. The van der Waals surface area contributed by atoms with Gasteiger partial charge in [0.25, 0.3) is 0 Å². The van der Waals surface area contributed by atoms with Crippen molar-refractivity contribution in [2.24, 2.45) is 45.3 Å². The van der Waals surface area contributed by atoms with E-state index in [1.807, 2.05) is 13.0 Å². The molecule has 0 amide bonds. The van der Waals surface area contributed by atoms with Crippen LogP contribution in [0.4, 0.5) is 0 Å². The van der Waals surface area contributed by atoms with E-state index in [0.717, 1.165) is 50.5 Å². The molecule has 0 aromatic rings. The number of hydrogen-bond donors (Lipinski definition) is 2. The largest absolute Gasteiger partial charge is 0.459 e. The zero-order chi connectivity index (χ0) is 28.4. The molecule has 216 valence electrons. The van der Waals surface area contributed by atoms with E-state index in [1.54, 1.807) is 11.1 Å². The maximum absolute atomic E-state index is 12.2. The second kappa shape index (κ2) is 10.1. The van der Waals surface area contributed by atoms with Crippen LogP contribution < -0.4 is 0 Å². The van der Waals surface area contributed by atoms with Crippen LogP contribution in [0.5, 0.6) is 0 Å². The maximum atomic E-state index is 12.2. The zero-order valence-corrected chi connectivity index (χ0v) is 26.0. The van der Waals surface area contributed by atoms with Crippen LogP contribution in [0.15, 0.2) is 22.8 Å². The fourth-order valence-corrected chi connectivity index (χ4v) is 10.5. The molecule has 4 aliphatic carbocycles. The number of rotatable bonds is 6. The summed E-state index contributed by atoms with van der Waals surface area (Å²) in [7, 11) is 0. The van der Waals surface area contributed by atoms with Crippen molar-refractivity contribution in [3.05, 3.63) is 22.8 Å². The SMILES string of the molecule is C/C=C(\C(C)C)[C@H](O)[C@H](OC(C)=O)[C@@H](C)[C@H]1CC[C@@]2(C)C3=C(CC[C@]12C)[C@@]1(C)CC[C@H](O)C(C)(C)[C@@H]1CC3. The number of fused-ring (bicyclic) bond motifs is 4.